The molecule has 2 atom stereocenters. The Kier molecular flexibility index (Phi) is 0.749. The molecule has 2 heterocycles. The molecule has 0 aliphatic carbocycles. The summed E-state index contributed by atoms with van der Waals surface area (Å²) in [7, 11) is 0. The first-order chi connectivity index (χ1) is 5.80. The van der Waals surface area contributed by atoms with Gasteiger partial charge in [0, 0.05) is 0 Å². The first-order valence-electron chi connectivity index (χ1n) is 4.26. The molecular formula is C10H8O. The normalized spacial score (nSPS) is 38.9. The predicted molar refractivity (Wildman–Crippen MR) is 42.1 cm³/mol. The molecule has 0 saturated carbocycles. The average molecular weight is 145 g/mol. The van der Waals surface area contributed by atoms with Crippen molar-refractivity contribution in [1.29, 1.82) is 0 Å². The van der Waals surface area contributed by atoms with E-state index in [1.165, 1.54) is 0 Å². The summed E-state index contributed by atoms with van der Waals surface area (Å²) in [6.07, 6.45) is 2.91. The van der Waals surface area contributed by atoms with Crippen LogP contribution in [0.1, 0.15) is 24.7 Å². The lowest BCUT2D eigenvalue weighted by molar-refractivity contribution is 0.0878. The van der Waals surface area contributed by atoms with Crippen LogP contribution in [0.3, 0.4) is 0 Å². The SMILES string of the molecule is [2H][C@]12C=C[C@H](O1)c1ccccc12. The van der Waals surface area contributed by atoms with Gasteiger partial charge in [0.1, 0.15) is 12.2 Å². The maximum Gasteiger partial charge on any atom is 0.102 e. The average Bonchev–Trinajstić information content (AvgIpc) is 2.60. The zero-order valence-corrected chi connectivity index (χ0v) is 5.95. The Balaban J connectivity index is 2.31. The molecule has 0 radical (unpaired) electrons. The smallest absolute Gasteiger partial charge is 0.102 e. The van der Waals surface area contributed by atoms with Gasteiger partial charge in [0.15, 0.2) is 0 Å². The van der Waals surface area contributed by atoms with Crippen molar-refractivity contribution < 1.29 is 6.11 Å². The van der Waals surface area contributed by atoms with Crippen molar-refractivity contribution in [3.63, 3.8) is 0 Å². The molecule has 0 unspecified atom stereocenters. The van der Waals surface area contributed by atoms with Gasteiger partial charge in [-0.1, -0.05) is 36.4 Å². The molecule has 0 fully saturated rings. The van der Waals surface area contributed by atoms with Crippen LogP contribution in [0.25, 0.3) is 0 Å². The third kappa shape index (κ3) is 0.589. The molecule has 3 rings (SSSR count). The lowest BCUT2D eigenvalue weighted by atomic mass is 9.97. The third-order valence-electron chi connectivity index (χ3n) is 2.21. The van der Waals surface area contributed by atoms with E-state index in [9.17, 15) is 0 Å². The van der Waals surface area contributed by atoms with E-state index in [-0.39, 0.29) is 6.10 Å². The molecule has 2 bridgehead atoms. The van der Waals surface area contributed by atoms with E-state index in [2.05, 4.69) is 0 Å². The van der Waals surface area contributed by atoms with Crippen LogP contribution in [0, 0.1) is 0 Å². The third-order valence-corrected chi connectivity index (χ3v) is 2.21. The Labute approximate surface area is 66.7 Å². The maximum atomic E-state index is 7.94. The van der Waals surface area contributed by atoms with Gasteiger partial charge >= 0.3 is 0 Å². The van der Waals surface area contributed by atoms with E-state index in [1.54, 1.807) is 0 Å². The molecule has 0 spiro atoms. The van der Waals surface area contributed by atoms with Crippen molar-refractivity contribution >= 4 is 0 Å². The summed E-state index contributed by atoms with van der Waals surface area (Å²) in [6.45, 7) is 0. The standard InChI is InChI=1S/C10H8O/c1-2-4-8-7(3-1)9-5-6-10(8)11-9/h1-6,9-10H/t9-,10+/i9D/m1/s1. The van der Waals surface area contributed by atoms with Gasteiger partial charge in [0.2, 0.25) is 0 Å². The zero-order chi connectivity index (χ0) is 8.18. The molecule has 1 nitrogen and oxygen atoms in total. The number of ether oxygens (including phenoxy) is 1. The summed E-state index contributed by atoms with van der Waals surface area (Å²) >= 11 is 0. The van der Waals surface area contributed by atoms with Gasteiger partial charge in [0.05, 0.1) is 1.37 Å². The highest BCUT2D eigenvalue weighted by atomic mass is 16.5. The van der Waals surface area contributed by atoms with Crippen molar-refractivity contribution in [3.8, 4) is 0 Å². The highest BCUT2D eigenvalue weighted by Gasteiger charge is 2.32. The predicted octanol–water partition coefficient (Wildman–Crippen LogP) is 2.37. The minimum absolute atomic E-state index is 0.0266. The highest BCUT2D eigenvalue weighted by molar-refractivity contribution is 5.42. The van der Waals surface area contributed by atoms with Gasteiger partial charge in [-0.25, -0.2) is 0 Å². The molecule has 1 heteroatoms. The van der Waals surface area contributed by atoms with Crippen LogP contribution in [0.4, 0.5) is 0 Å². The molecule has 0 amide bonds. The van der Waals surface area contributed by atoms with Crippen molar-refractivity contribution in [2.75, 3.05) is 0 Å². The Morgan fingerprint density at radius 3 is 2.82 bits per heavy atom. The molecule has 0 aromatic heterocycles. The fourth-order valence-corrected chi connectivity index (χ4v) is 1.68. The number of hydrogen-bond acceptors (Lipinski definition) is 1. The topological polar surface area (TPSA) is 9.23 Å². The van der Waals surface area contributed by atoms with Crippen LogP contribution >= 0.6 is 0 Å². The quantitative estimate of drug-likeness (QED) is 0.509. The Bertz CT molecular complexity index is 372. The minimum Gasteiger partial charge on any atom is -0.357 e. The molecule has 1 aromatic carbocycles. The van der Waals surface area contributed by atoms with E-state index in [0.717, 1.165) is 11.1 Å². The second-order valence-electron chi connectivity index (χ2n) is 2.85. The number of rotatable bonds is 0. The molecule has 0 saturated heterocycles. The van der Waals surface area contributed by atoms with E-state index in [4.69, 9.17) is 6.11 Å². The van der Waals surface area contributed by atoms with E-state index in [1.807, 2.05) is 36.4 Å². The van der Waals surface area contributed by atoms with Crippen molar-refractivity contribution in [2.45, 2.75) is 12.2 Å². The lowest BCUT2D eigenvalue weighted by Gasteiger charge is -2.04. The van der Waals surface area contributed by atoms with E-state index < -0.39 is 6.08 Å². The first-order valence-corrected chi connectivity index (χ1v) is 3.76. The largest absolute Gasteiger partial charge is 0.357 e. The molecule has 11 heavy (non-hydrogen) atoms. The van der Waals surface area contributed by atoms with Crippen LogP contribution in [0.2, 0.25) is 0 Å². The van der Waals surface area contributed by atoms with Gasteiger partial charge in [0.25, 0.3) is 0 Å². The maximum absolute atomic E-state index is 7.94. The number of fused-ring (bicyclic) bond motifs is 5. The molecule has 1 aromatic rings. The van der Waals surface area contributed by atoms with E-state index in [0.29, 0.717) is 0 Å². The summed E-state index contributed by atoms with van der Waals surface area (Å²) < 4.78 is 13.4. The van der Waals surface area contributed by atoms with Gasteiger partial charge in [-0.05, 0) is 11.1 Å². The second-order valence-corrected chi connectivity index (χ2v) is 2.85. The van der Waals surface area contributed by atoms with Gasteiger partial charge in [-0.2, -0.15) is 0 Å². The lowest BCUT2D eigenvalue weighted by Crippen LogP contribution is -1.90. The van der Waals surface area contributed by atoms with Crippen molar-refractivity contribution in [3.05, 3.63) is 47.5 Å². The molecule has 54 valence electrons. The van der Waals surface area contributed by atoms with Gasteiger partial charge in [-0.3, -0.25) is 0 Å². The van der Waals surface area contributed by atoms with Crippen LogP contribution < -0.4 is 0 Å². The summed E-state index contributed by atoms with van der Waals surface area (Å²) in [4.78, 5) is 0. The summed E-state index contributed by atoms with van der Waals surface area (Å²) in [6, 6.07) is 7.93. The Morgan fingerprint density at radius 2 is 2.00 bits per heavy atom. The van der Waals surface area contributed by atoms with Crippen molar-refractivity contribution in [2.24, 2.45) is 0 Å². The van der Waals surface area contributed by atoms with Gasteiger partial charge in [-0.15, -0.1) is 0 Å². The number of hydrogen-bond donors (Lipinski definition) is 0. The van der Waals surface area contributed by atoms with E-state index >= 15 is 0 Å². The number of benzene rings is 1. The Morgan fingerprint density at radius 1 is 1.18 bits per heavy atom. The fourth-order valence-electron chi connectivity index (χ4n) is 1.68. The molecule has 0 N–H and O–H groups in total. The fraction of sp³-hybridized carbons (Fsp3) is 0.200. The van der Waals surface area contributed by atoms with Crippen LogP contribution in [0.15, 0.2) is 36.4 Å². The second kappa shape index (κ2) is 1.74. The first kappa shape index (κ1) is 4.73. The Hall–Kier alpha value is -1.08. The summed E-state index contributed by atoms with van der Waals surface area (Å²) in [5, 5.41) is 0. The molecular weight excluding hydrogens is 136 g/mol. The zero-order valence-electron chi connectivity index (χ0n) is 6.95. The summed E-state index contributed by atoms with van der Waals surface area (Å²) in [5.74, 6) is 0. The van der Waals surface area contributed by atoms with Crippen LogP contribution in [-0.4, -0.2) is 0 Å². The van der Waals surface area contributed by atoms with Crippen LogP contribution in [-0.2, 0) is 4.74 Å². The van der Waals surface area contributed by atoms with Gasteiger partial charge < -0.3 is 4.74 Å². The molecule has 2 aliphatic rings. The molecule has 2 aliphatic heterocycles. The monoisotopic (exact) mass is 145 g/mol. The van der Waals surface area contributed by atoms with Crippen LogP contribution in [0.5, 0.6) is 0 Å². The highest BCUT2D eigenvalue weighted by Crippen LogP contribution is 2.45. The minimum atomic E-state index is -0.888. The summed E-state index contributed by atoms with van der Waals surface area (Å²) in [5.41, 5.74) is 2.15. The van der Waals surface area contributed by atoms with Crippen molar-refractivity contribution in [1.82, 2.24) is 0 Å².